The van der Waals surface area contributed by atoms with Crippen molar-refractivity contribution in [1.29, 1.82) is 0 Å². The number of likely N-dealkylation sites (N-methyl/N-ethyl adjacent to an activating group) is 1. The molecule has 1 unspecified atom stereocenters. The van der Waals surface area contributed by atoms with Crippen LogP contribution in [0.2, 0.25) is 0 Å². The molecule has 0 aromatic heterocycles. The summed E-state index contributed by atoms with van der Waals surface area (Å²) >= 11 is 3.41. The number of halogens is 1. The minimum Gasteiger partial charge on any atom is -0.344 e. The molecule has 25 heavy (non-hydrogen) atoms. The maximum absolute atomic E-state index is 12.7. The molecule has 3 rings (SSSR count). The van der Waals surface area contributed by atoms with Crippen molar-refractivity contribution < 1.29 is 4.79 Å². The third kappa shape index (κ3) is 5.14. The van der Waals surface area contributed by atoms with Gasteiger partial charge >= 0.3 is 0 Å². The zero-order chi connectivity index (χ0) is 17.6. The number of hydrogen-bond acceptors (Lipinski definition) is 3. The molecule has 1 N–H and O–H groups in total. The molecule has 5 heteroatoms. The summed E-state index contributed by atoms with van der Waals surface area (Å²) in [5.41, 5.74) is 1.83. The van der Waals surface area contributed by atoms with Crippen molar-refractivity contribution in [3.05, 3.63) is 70.2 Å². The Hall–Kier alpha value is -1.69. The van der Waals surface area contributed by atoms with Crippen LogP contribution in [0.15, 0.2) is 59.1 Å². The van der Waals surface area contributed by atoms with Crippen LogP contribution in [-0.2, 0) is 0 Å². The van der Waals surface area contributed by atoms with Crippen LogP contribution in [0, 0.1) is 0 Å². The minimum absolute atomic E-state index is 0.0132. The number of amides is 1. The fourth-order valence-electron chi connectivity index (χ4n) is 3.05. The van der Waals surface area contributed by atoms with Crippen LogP contribution in [0.4, 0.5) is 0 Å². The topological polar surface area (TPSA) is 35.6 Å². The second kappa shape index (κ2) is 8.61. The SMILES string of the molecule is CN1CCN(CC(NC(=O)c2ccc(Br)cc2)c2ccccc2)CC1. The summed E-state index contributed by atoms with van der Waals surface area (Å²) in [6, 6.07) is 17.7. The lowest BCUT2D eigenvalue weighted by Gasteiger charge is -2.35. The van der Waals surface area contributed by atoms with E-state index in [9.17, 15) is 4.79 Å². The van der Waals surface area contributed by atoms with Crippen molar-refractivity contribution in [2.45, 2.75) is 6.04 Å². The van der Waals surface area contributed by atoms with Gasteiger partial charge in [0.25, 0.3) is 5.91 Å². The molecule has 1 aliphatic heterocycles. The highest BCUT2D eigenvalue weighted by Gasteiger charge is 2.21. The standard InChI is InChI=1S/C20H24BrN3O/c1-23-11-13-24(14-12-23)15-19(16-5-3-2-4-6-16)22-20(25)17-7-9-18(21)10-8-17/h2-10,19H,11-15H2,1H3,(H,22,25). The molecule has 0 spiro atoms. The van der Waals surface area contributed by atoms with Crippen LogP contribution in [0.1, 0.15) is 22.0 Å². The third-order valence-electron chi connectivity index (χ3n) is 4.65. The predicted molar refractivity (Wildman–Crippen MR) is 105 cm³/mol. The van der Waals surface area contributed by atoms with E-state index in [1.165, 1.54) is 0 Å². The highest BCUT2D eigenvalue weighted by molar-refractivity contribution is 9.10. The number of benzene rings is 2. The summed E-state index contributed by atoms with van der Waals surface area (Å²) < 4.78 is 0.973. The van der Waals surface area contributed by atoms with E-state index in [4.69, 9.17) is 0 Å². The van der Waals surface area contributed by atoms with Gasteiger partial charge in [-0.1, -0.05) is 46.3 Å². The van der Waals surface area contributed by atoms with E-state index < -0.39 is 0 Å². The molecular formula is C20H24BrN3O. The first kappa shape index (κ1) is 18.1. The van der Waals surface area contributed by atoms with E-state index in [1.54, 1.807) is 0 Å². The number of carbonyl (C=O) groups is 1. The Morgan fingerprint density at radius 3 is 2.32 bits per heavy atom. The van der Waals surface area contributed by atoms with Crippen molar-refractivity contribution in [1.82, 2.24) is 15.1 Å². The van der Waals surface area contributed by atoms with Crippen LogP contribution >= 0.6 is 15.9 Å². The predicted octanol–water partition coefficient (Wildman–Crippen LogP) is 3.17. The lowest BCUT2D eigenvalue weighted by Crippen LogP contribution is -2.47. The van der Waals surface area contributed by atoms with Gasteiger partial charge in [0.2, 0.25) is 0 Å². The molecule has 0 radical (unpaired) electrons. The Labute approximate surface area is 158 Å². The molecule has 4 nitrogen and oxygen atoms in total. The third-order valence-corrected chi connectivity index (χ3v) is 5.18. The van der Waals surface area contributed by atoms with Crippen molar-refractivity contribution in [2.75, 3.05) is 39.8 Å². The summed E-state index contributed by atoms with van der Waals surface area (Å²) in [6.07, 6.45) is 0. The molecule has 1 atom stereocenters. The van der Waals surface area contributed by atoms with Crippen molar-refractivity contribution in [3.8, 4) is 0 Å². The molecule has 1 amide bonds. The van der Waals surface area contributed by atoms with E-state index >= 15 is 0 Å². The van der Waals surface area contributed by atoms with Gasteiger partial charge in [0.1, 0.15) is 0 Å². The minimum atomic E-state index is -0.0320. The van der Waals surface area contributed by atoms with Crippen LogP contribution in [0.5, 0.6) is 0 Å². The zero-order valence-electron chi connectivity index (χ0n) is 14.5. The summed E-state index contributed by atoms with van der Waals surface area (Å²) in [4.78, 5) is 17.5. The maximum atomic E-state index is 12.7. The zero-order valence-corrected chi connectivity index (χ0v) is 16.1. The molecule has 0 saturated carbocycles. The molecular weight excluding hydrogens is 378 g/mol. The van der Waals surface area contributed by atoms with Gasteiger partial charge in [0, 0.05) is 42.8 Å². The molecule has 2 aromatic rings. The summed E-state index contributed by atoms with van der Waals surface area (Å²) in [7, 11) is 2.15. The Morgan fingerprint density at radius 2 is 1.68 bits per heavy atom. The van der Waals surface area contributed by atoms with Crippen LogP contribution < -0.4 is 5.32 Å². The van der Waals surface area contributed by atoms with E-state index in [2.05, 4.69) is 50.2 Å². The highest BCUT2D eigenvalue weighted by Crippen LogP contribution is 2.17. The van der Waals surface area contributed by atoms with Crippen molar-refractivity contribution >= 4 is 21.8 Å². The van der Waals surface area contributed by atoms with Gasteiger partial charge in [0.15, 0.2) is 0 Å². The van der Waals surface area contributed by atoms with E-state index in [0.29, 0.717) is 5.56 Å². The Bertz CT molecular complexity index is 682. The second-order valence-electron chi connectivity index (χ2n) is 6.55. The maximum Gasteiger partial charge on any atom is 0.251 e. The summed E-state index contributed by atoms with van der Waals surface area (Å²) in [6.45, 7) is 5.05. The number of hydrogen-bond donors (Lipinski definition) is 1. The fourth-order valence-corrected chi connectivity index (χ4v) is 3.32. The second-order valence-corrected chi connectivity index (χ2v) is 7.46. The summed E-state index contributed by atoms with van der Waals surface area (Å²) in [5.74, 6) is -0.0320. The average molecular weight is 402 g/mol. The number of piperazine rings is 1. The normalized spacial score (nSPS) is 17.2. The van der Waals surface area contributed by atoms with E-state index in [1.807, 2.05) is 42.5 Å². The first-order chi connectivity index (χ1) is 12.1. The summed E-state index contributed by atoms with van der Waals surface area (Å²) in [5, 5.41) is 3.22. The number of carbonyl (C=O) groups excluding carboxylic acids is 1. The quantitative estimate of drug-likeness (QED) is 0.835. The largest absolute Gasteiger partial charge is 0.344 e. The fraction of sp³-hybridized carbons (Fsp3) is 0.350. The molecule has 132 valence electrons. The number of nitrogens with one attached hydrogen (secondary N) is 1. The van der Waals surface area contributed by atoms with Gasteiger partial charge in [-0.25, -0.2) is 0 Å². The van der Waals surface area contributed by atoms with Crippen LogP contribution in [0.3, 0.4) is 0 Å². The first-order valence-electron chi connectivity index (χ1n) is 8.64. The van der Waals surface area contributed by atoms with Gasteiger partial charge in [-0.2, -0.15) is 0 Å². The lowest BCUT2D eigenvalue weighted by atomic mass is 10.0. The molecule has 1 heterocycles. The average Bonchev–Trinajstić information content (AvgIpc) is 2.64. The molecule has 1 fully saturated rings. The van der Waals surface area contributed by atoms with Crippen LogP contribution in [0.25, 0.3) is 0 Å². The Kier molecular flexibility index (Phi) is 6.24. The molecule has 0 aliphatic carbocycles. The van der Waals surface area contributed by atoms with Crippen molar-refractivity contribution in [3.63, 3.8) is 0 Å². The van der Waals surface area contributed by atoms with Gasteiger partial charge in [-0.15, -0.1) is 0 Å². The first-order valence-corrected chi connectivity index (χ1v) is 9.43. The van der Waals surface area contributed by atoms with Gasteiger partial charge in [0.05, 0.1) is 6.04 Å². The number of nitrogens with zero attached hydrogens (tertiary/aromatic N) is 2. The van der Waals surface area contributed by atoms with Gasteiger partial charge < -0.3 is 10.2 Å². The highest BCUT2D eigenvalue weighted by atomic mass is 79.9. The smallest absolute Gasteiger partial charge is 0.251 e. The lowest BCUT2D eigenvalue weighted by molar-refractivity contribution is 0.0907. The van der Waals surface area contributed by atoms with Gasteiger partial charge in [-0.3, -0.25) is 9.69 Å². The molecule has 0 bridgehead atoms. The van der Waals surface area contributed by atoms with E-state index in [-0.39, 0.29) is 11.9 Å². The monoisotopic (exact) mass is 401 g/mol. The number of rotatable bonds is 5. The van der Waals surface area contributed by atoms with Crippen molar-refractivity contribution in [2.24, 2.45) is 0 Å². The van der Waals surface area contributed by atoms with E-state index in [0.717, 1.165) is 42.8 Å². The molecule has 1 saturated heterocycles. The Morgan fingerprint density at radius 1 is 1.04 bits per heavy atom. The van der Waals surface area contributed by atoms with Gasteiger partial charge in [-0.05, 0) is 36.9 Å². The molecule has 2 aromatic carbocycles. The van der Waals surface area contributed by atoms with Crippen LogP contribution in [-0.4, -0.2) is 55.5 Å². The Balaban J connectivity index is 1.72. The molecule has 1 aliphatic rings.